The van der Waals surface area contributed by atoms with Gasteiger partial charge in [0.15, 0.2) is 0 Å². The molecule has 1 saturated heterocycles. The Bertz CT molecular complexity index is 405. The highest BCUT2D eigenvalue weighted by Gasteiger charge is 2.25. The summed E-state index contributed by atoms with van der Waals surface area (Å²) in [6.07, 6.45) is 2.48. The summed E-state index contributed by atoms with van der Waals surface area (Å²) < 4.78 is 11.5. The van der Waals surface area contributed by atoms with Crippen LogP contribution >= 0.6 is 11.3 Å². The Labute approximate surface area is 111 Å². The predicted octanol–water partition coefficient (Wildman–Crippen LogP) is 2.92. The van der Waals surface area contributed by atoms with Gasteiger partial charge in [0.05, 0.1) is 24.9 Å². The molecule has 0 aliphatic carbocycles. The lowest BCUT2D eigenvalue weighted by molar-refractivity contribution is -0.105. The summed E-state index contributed by atoms with van der Waals surface area (Å²) in [5.41, 5.74) is 0. The maximum absolute atomic E-state index is 10.8. The van der Waals surface area contributed by atoms with Crippen molar-refractivity contribution in [2.75, 3.05) is 0 Å². The fourth-order valence-electron chi connectivity index (χ4n) is 2.25. The molecule has 0 spiro atoms. The molecule has 0 aromatic carbocycles. The van der Waals surface area contributed by atoms with Gasteiger partial charge in [-0.15, -0.1) is 11.3 Å². The molecule has 0 amide bonds. The molecule has 2 heterocycles. The van der Waals surface area contributed by atoms with E-state index >= 15 is 0 Å². The van der Waals surface area contributed by atoms with Crippen LogP contribution in [0.1, 0.15) is 41.2 Å². The number of carboxylic acids is 1. The summed E-state index contributed by atoms with van der Waals surface area (Å²) in [6, 6.07) is 3.45. The van der Waals surface area contributed by atoms with E-state index in [1.165, 1.54) is 11.3 Å². The van der Waals surface area contributed by atoms with E-state index in [1.54, 1.807) is 6.07 Å². The van der Waals surface area contributed by atoms with Crippen molar-refractivity contribution < 1.29 is 19.4 Å². The number of carbonyl (C=O) groups is 1. The summed E-state index contributed by atoms with van der Waals surface area (Å²) in [5, 5.41) is 8.84. The summed E-state index contributed by atoms with van der Waals surface area (Å²) in [6.45, 7) is 4.60. The van der Waals surface area contributed by atoms with Gasteiger partial charge in [-0.25, -0.2) is 4.79 Å². The summed E-state index contributed by atoms with van der Waals surface area (Å²) in [5.74, 6) is -0.875. The molecule has 1 aromatic rings. The number of hydrogen-bond donors (Lipinski definition) is 1. The van der Waals surface area contributed by atoms with Crippen molar-refractivity contribution in [3.63, 3.8) is 0 Å². The zero-order valence-electron chi connectivity index (χ0n) is 10.6. The van der Waals surface area contributed by atoms with Gasteiger partial charge in [-0.1, -0.05) is 0 Å². The smallest absolute Gasteiger partial charge is 0.345 e. The first-order valence-corrected chi connectivity index (χ1v) is 6.95. The third-order valence-corrected chi connectivity index (χ3v) is 4.03. The van der Waals surface area contributed by atoms with Gasteiger partial charge < -0.3 is 14.6 Å². The Morgan fingerprint density at radius 1 is 1.44 bits per heavy atom. The number of thiophene rings is 1. The SMILES string of the molecule is CC1CC(OCc2ccc(C(=O)O)s2)CC(C)O1. The molecule has 2 unspecified atom stereocenters. The summed E-state index contributed by atoms with van der Waals surface area (Å²) >= 11 is 1.28. The molecule has 2 rings (SSSR count). The topological polar surface area (TPSA) is 55.8 Å². The van der Waals surface area contributed by atoms with Crippen molar-refractivity contribution in [2.45, 2.75) is 51.6 Å². The van der Waals surface area contributed by atoms with Gasteiger partial charge in [0, 0.05) is 4.88 Å². The highest BCUT2D eigenvalue weighted by molar-refractivity contribution is 7.13. The van der Waals surface area contributed by atoms with Gasteiger partial charge in [0.2, 0.25) is 0 Å². The van der Waals surface area contributed by atoms with Crippen molar-refractivity contribution in [1.82, 2.24) is 0 Å². The lowest BCUT2D eigenvalue weighted by Gasteiger charge is -2.31. The lowest BCUT2D eigenvalue weighted by atomic mass is 10.0. The quantitative estimate of drug-likeness (QED) is 0.914. The molecule has 1 N–H and O–H groups in total. The number of aromatic carboxylic acids is 1. The largest absolute Gasteiger partial charge is 0.477 e. The van der Waals surface area contributed by atoms with E-state index in [9.17, 15) is 4.79 Å². The maximum Gasteiger partial charge on any atom is 0.345 e. The van der Waals surface area contributed by atoms with E-state index in [1.807, 2.05) is 6.07 Å². The Balaban J connectivity index is 1.85. The van der Waals surface area contributed by atoms with Gasteiger partial charge in [0.25, 0.3) is 0 Å². The van der Waals surface area contributed by atoms with E-state index in [-0.39, 0.29) is 18.3 Å². The van der Waals surface area contributed by atoms with Crippen LogP contribution in [0.5, 0.6) is 0 Å². The standard InChI is InChI=1S/C13H18O4S/c1-8-5-10(6-9(2)17-8)16-7-11-3-4-12(18-11)13(14)15/h3-4,8-10H,5-7H2,1-2H3,(H,14,15). The molecular weight excluding hydrogens is 252 g/mol. The normalized spacial score (nSPS) is 28.2. The average molecular weight is 270 g/mol. The third kappa shape index (κ3) is 3.54. The van der Waals surface area contributed by atoms with Crippen molar-refractivity contribution in [3.8, 4) is 0 Å². The van der Waals surface area contributed by atoms with E-state index in [2.05, 4.69) is 13.8 Å². The lowest BCUT2D eigenvalue weighted by Crippen LogP contribution is -2.33. The van der Waals surface area contributed by atoms with Crippen molar-refractivity contribution in [3.05, 3.63) is 21.9 Å². The minimum Gasteiger partial charge on any atom is -0.477 e. The minimum atomic E-state index is -0.875. The molecule has 100 valence electrons. The van der Waals surface area contributed by atoms with Crippen LogP contribution in [0.15, 0.2) is 12.1 Å². The highest BCUT2D eigenvalue weighted by atomic mass is 32.1. The molecule has 2 atom stereocenters. The van der Waals surface area contributed by atoms with Crippen molar-refractivity contribution in [2.24, 2.45) is 0 Å². The monoisotopic (exact) mass is 270 g/mol. The first-order valence-electron chi connectivity index (χ1n) is 6.13. The molecule has 5 heteroatoms. The molecule has 1 aliphatic rings. The van der Waals surface area contributed by atoms with Crippen LogP contribution < -0.4 is 0 Å². The van der Waals surface area contributed by atoms with Gasteiger partial charge in [-0.2, -0.15) is 0 Å². The van der Waals surface area contributed by atoms with Crippen LogP contribution in [0.25, 0.3) is 0 Å². The molecule has 4 nitrogen and oxygen atoms in total. The zero-order valence-corrected chi connectivity index (χ0v) is 11.4. The molecule has 1 fully saturated rings. The molecule has 1 aliphatic heterocycles. The zero-order chi connectivity index (χ0) is 13.1. The second-order valence-corrected chi connectivity index (χ2v) is 5.90. The summed E-state index contributed by atoms with van der Waals surface area (Å²) in [4.78, 5) is 12.1. The predicted molar refractivity (Wildman–Crippen MR) is 69.1 cm³/mol. The van der Waals surface area contributed by atoms with Crippen molar-refractivity contribution in [1.29, 1.82) is 0 Å². The van der Waals surface area contributed by atoms with E-state index in [0.29, 0.717) is 11.5 Å². The fraction of sp³-hybridized carbons (Fsp3) is 0.615. The van der Waals surface area contributed by atoms with E-state index in [4.69, 9.17) is 14.6 Å². The molecule has 0 saturated carbocycles. The highest BCUT2D eigenvalue weighted by Crippen LogP contribution is 2.24. The van der Waals surface area contributed by atoms with Gasteiger partial charge in [-0.3, -0.25) is 0 Å². The molecule has 18 heavy (non-hydrogen) atoms. The molecular formula is C13H18O4S. The van der Waals surface area contributed by atoms with Crippen LogP contribution in [0.4, 0.5) is 0 Å². The Morgan fingerprint density at radius 3 is 2.67 bits per heavy atom. The first kappa shape index (κ1) is 13.5. The Kier molecular flexibility index (Phi) is 4.37. The third-order valence-electron chi connectivity index (χ3n) is 2.99. The average Bonchev–Trinajstić information content (AvgIpc) is 2.73. The van der Waals surface area contributed by atoms with Crippen molar-refractivity contribution >= 4 is 17.3 Å². The van der Waals surface area contributed by atoms with Crippen LogP contribution in [0.3, 0.4) is 0 Å². The van der Waals surface area contributed by atoms with Crippen LogP contribution in [-0.2, 0) is 16.1 Å². The molecule has 0 bridgehead atoms. The number of hydrogen-bond acceptors (Lipinski definition) is 4. The van der Waals surface area contributed by atoms with Gasteiger partial charge in [0.1, 0.15) is 4.88 Å². The molecule has 0 radical (unpaired) electrons. The summed E-state index contributed by atoms with van der Waals surface area (Å²) in [7, 11) is 0. The van der Waals surface area contributed by atoms with E-state index in [0.717, 1.165) is 17.7 Å². The minimum absolute atomic E-state index is 0.208. The van der Waals surface area contributed by atoms with Crippen LogP contribution in [-0.4, -0.2) is 29.4 Å². The Hall–Kier alpha value is -0.910. The van der Waals surface area contributed by atoms with Gasteiger partial charge in [-0.05, 0) is 38.8 Å². The Morgan fingerprint density at radius 2 is 2.11 bits per heavy atom. The van der Waals surface area contributed by atoms with Crippen LogP contribution in [0.2, 0.25) is 0 Å². The molecule has 1 aromatic heterocycles. The second kappa shape index (κ2) is 5.82. The van der Waals surface area contributed by atoms with Crippen LogP contribution in [0, 0.1) is 0 Å². The first-order chi connectivity index (χ1) is 8.54. The fourth-order valence-corrected chi connectivity index (χ4v) is 3.02. The number of carboxylic acid groups (broad SMARTS) is 1. The number of ether oxygens (including phenoxy) is 2. The van der Waals surface area contributed by atoms with Gasteiger partial charge >= 0.3 is 5.97 Å². The number of rotatable bonds is 4. The van der Waals surface area contributed by atoms with E-state index < -0.39 is 5.97 Å². The maximum atomic E-state index is 10.8. The second-order valence-electron chi connectivity index (χ2n) is 4.73.